The molecule has 4 rings (SSSR count). The number of nitrogens with zero attached hydrogens (tertiary/aromatic N) is 4. The van der Waals surface area contributed by atoms with Crippen molar-refractivity contribution < 1.29 is 19.4 Å². The minimum Gasteiger partial charge on any atom is -0.497 e. The molecule has 0 bridgehead atoms. The summed E-state index contributed by atoms with van der Waals surface area (Å²) < 4.78 is 5.11. The van der Waals surface area contributed by atoms with Gasteiger partial charge in [-0.2, -0.15) is 5.26 Å². The van der Waals surface area contributed by atoms with Crippen LogP contribution in [-0.4, -0.2) is 66.7 Å². The zero-order chi connectivity index (χ0) is 24.1. The number of amides is 1. The number of aromatic nitrogens is 1. The first kappa shape index (κ1) is 31.7. The zero-order valence-electron chi connectivity index (χ0n) is 20.0. The number of ether oxygens (including phenoxy) is 1. The summed E-state index contributed by atoms with van der Waals surface area (Å²) in [7, 11) is 1.56. The summed E-state index contributed by atoms with van der Waals surface area (Å²) in [6.45, 7) is 3.74. The molecule has 3 aromatic rings. The fourth-order valence-electron chi connectivity index (χ4n) is 3.98. The molecule has 0 spiro atoms. The van der Waals surface area contributed by atoms with Crippen LogP contribution in [0.3, 0.4) is 0 Å². The zero-order valence-corrected chi connectivity index (χ0v) is 22.5. The summed E-state index contributed by atoms with van der Waals surface area (Å²) in [5.41, 5.74) is 1.62. The number of aromatic carboxylic acids is 1. The van der Waals surface area contributed by atoms with Crippen molar-refractivity contribution in [2.45, 2.75) is 6.42 Å². The molecule has 0 saturated carbocycles. The fourth-order valence-corrected chi connectivity index (χ4v) is 3.98. The van der Waals surface area contributed by atoms with Crippen molar-refractivity contribution in [3.05, 3.63) is 59.7 Å². The minimum absolute atomic E-state index is 0. The monoisotopic (exact) mass is 567 g/mol. The number of nitriles is 1. The molecule has 1 aliphatic rings. The molecule has 198 valence electrons. The Kier molecular flexibility index (Phi) is 12.4. The first-order chi connectivity index (χ1) is 16.5. The number of carbonyl (C=O) groups excluding carboxylic acids is 1. The average molecular weight is 569 g/mol. The Balaban J connectivity index is 0.00000228. The van der Waals surface area contributed by atoms with Gasteiger partial charge in [-0.15, -0.1) is 37.2 Å². The van der Waals surface area contributed by atoms with Crippen LogP contribution in [-0.2, 0) is 0 Å². The lowest BCUT2D eigenvalue weighted by Crippen LogP contribution is -2.46. The Morgan fingerprint density at radius 2 is 1.73 bits per heavy atom. The summed E-state index contributed by atoms with van der Waals surface area (Å²) >= 11 is 0. The molecule has 9 nitrogen and oxygen atoms in total. The van der Waals surface area contributed by atoms with Crippen molar-refractivity contribution in [3.63, 3.8) is 0 Å². The highest BCUT2D eigenvalue weighted by Gasteiger charge is 2.21. The van der Waals surface area contributed by atoms with Gasteiger partial charge in [0.2, 0.25) is 0 Å². The van der Waals surface area contributed by atoms with Gasteiger partial charge in [-0.25, -0.2) is 9.78 Å². The molecule has 1 aromatic heterocycles. The van der Waals surface area contributed by atoms with E-state index in [4.69, 9.17) is 15.0 Å². The predicted octanol–water partition coefficient (Wildman–Crippen LogP) is 4.49. The molecule has 2 heterocycles. The smallest absolute Gasteiger partial charge is 0.336 e. The number of fused-ring (bicyclic) bond motifs is 1. The fraction of sp³-hybridized carbons (Fsp3) is 0.280. The van der Waals surface area contributed by atoms with Crippen LogP contribution in [0.4, 0.5) is 11.5 Å². The number of benzene rings is 2. The third kappa shape index (κ3) is 7.60. The maximum atomic E-state index is 12.6. The largest absolute Gasteiger partial charge is 0.497 e. The van der Waals surface area contributed by atoms with Crippen LogP contribution in [0.5, 0.6) is 5.75 Å². The number of methoxy groups -OCH3 is 1. The van der Waals surface area contributed by atoms with Crippen LogP contribution >= 0.6 is 37.2 Å². The van der Waals surface area contributed by atoms with Crippen LogP contribution < -0.4 is 15.0 Å². The Labute approximate surface area is 233 Å². The van der Waals surface area contributed by atoms with Crippen molar-refractivity contribution in [3.8, 4) is 11.8 Å². The van der Waals surface area contributed by atoms with Crippen molar-refractivity contribution in [1.29, 1.82) is 5.26 Å². The lowest BCUT2D eigenvalue weighted by Gasteiger charge is -2.35. The Morgan fingerprint density at radius 1 is 1.05 bits per heavy atom. The second kappa shape index (κ2) is 14.4. The van der Waals surface area contributed by atoms with Gasteiger partial charge in [0.05, 0.1) is 24.3 Å². The van der Waals surface area contributed by atoms with E-state index >= 15 is 0 Å². The molecule has 0 aliphatic carbocycles. The SMILES string of the molecule is COc1ccc(C(=O)Nc2ccc3nc(N4CCN(CCC#N)CC4)cc(C(=O)O)c3c2)cc1.Cl.Cl.Cl. The first-order valence-electron chi connectivity index (χ1n) is 11.0. The molecule has 2 N–H and O–H groups in total. The molecular weight excluding hydrogens is 541 g/mol. The highest BCUT2D eigenvalue weighted by Crippen LogP contribution is 2.27. The van der Waals surface area contributed by atoms with E-state index in [1.54, 1.807) is 55.6 Å². The Bertz CT molecular complexity index is 1260. The first-order valence-corrected chi connectivity index (χ1v) is 11.0. The number of nitrogens with one attached hydrogen (secondary N) is 1. The molecular formula is C25H28Cl3N5O4. The highest BCUT2D eigenvalue weighted by molar-refractivity contribution is 6.08. The Morgan fingerprint density at radius 3 is 2.32 bits per heavy atom. The van der Waals surface area contributed by atoms with E-state index < -0.39 is 5.97 Å². The normalized spacial score (nSPS) is 12.8. The molecule has 1 aliphatic heterocycles. The van der Waals surface area contributed by atoms with Gasteiger partial charge in [-0.3, -0.25) is 9.69 Å². The average Bonchev–Trinajstić information content (AvgIpc) is 2.87. The number of pyridine rings is 1. The van der Waals surface area contributed by atoms with E-state index in [-0.39, 0.29) is 48.7 Å². The number of hydrogen-bond donors (Lipinski definition) is 2. The van der Waals surface area contributed by atoms with Crippen LogP contribution in [0, 0.1) is 11.3 Å². The second-order valence-electron chi connectivity index (χ2n) is 7.98. The number of carbonyl (C=O) groups is 2. The molecule has 1 saturated heterocycles. The molecule has 1 amide bonds. The van der Waals surface area contributed by atoms with E-state index in [1.165, 1.54) is 0 Å². The van der Waals surface area contributed by atoms with Crippen LogP contribution in [0.25, 0.3) is 10.9 Å². The molecule has 0 unspecified atom stereocenters. The highest BCUT2D eigenvalue weighted by atomic mass is 35.5. The van der Waals surface area contributed by atoms with E-state index in [0.717, 1.165) is 19.6 Å². The molecule has 0 atom stereocenters. The van der Waals surface area contributed by atoms with Gasteiger partial charge in [-0.1, -0.05) is 0 Å². The van der Waals surface area contributed by atoms with E-state index in [0.29, 0.717) is 53.2 Å². The summed E-state index contributed by atoms with van der Waals surface area (Å²) in [6, 6.07) is 15.5. The van der Waals surface area contributed by atoms with Gasteiger partial charge in [0.1, 0.15) is 11.6 Å². The van der Waals surface area contributed by atoms with Gasteiger partial charge in [0, 0.05) is 55.8 Å². The second-order valence-corrected chi connectivity index (χ2v) is 7.98. The summed E-state index contributed by atoms with van der Waals surface area (Å²) in [5, 5.41) is 21.9. The standard InChI is InChI=1S/C25H25N5O4.3ClH/c1-34-19-6-3-17(4-7-19)24(31)27-18-5-8-22-20(15-18)21(25(32)33)16-23(28-22)30-13-11-29(12-14-30)10-2-9-26;;;/h3-8,15-16H,2,10-14H2,1H3,(H,27,31)(H,32,33);3*1H. The van der Waals surface area contributed by atoms with E-state index in [2.05, 4.69) is 21.2 Å². The number of hydrogen-bond acceptors (Lipinski definition) is 7. The number of piperazine rings is 1. The molecule has 2 aromatic carbocycles. The number of anilines is 2. The molecule has 1 fully saturated rings. The maximum Gasteiger partial charge on any atom is 0.336 e. The van der Waals surface area contributed by atoms with Crippen molar-refractivity contribution >= 4 is 71.5 Å². The van der Waals surface area contributed by atoms with Gasteiger partial charge in [0.25, 0.3) is 5.91 Å². The van der Waals surface area contributed by atoms with Gasteiger partial charge in [-0.05, 0) is 48.5 Å². The lowest BCUT2D eigenvalue weighted by molar-refractivity contribution is 0.0698. The molecule has 12 heteroatoms. The van der Waals surface area contributed by atoms with Crippen molar-refractivity contribution in [2.24, 2.45) is 0 Å². The van der Waals surface area contributed by atoms with Crippen LogP contribution in [0.15, 0.2) is 48.5 Å². The van der Waals surface area contributed by atoms with Crippen molar-refractivity contribution in [1.82, 2.24) is 9.88 Å². The summed E-state index contributed by atoms with van der Waals surface area (Å²) in [5.74, 6) is -0.101. The molecule has 0 radical (unpaired) electrons. The number of rotatable bonds is 7. The lowest BCUT2D eigenvalue weighted by atomic mass is 10.1. The maximum absolute atomic E-state index is 12.6. The van der Waals surface area contributed by atoms with E-state index in [1.807, 2.05) is 0 Å². The summed E-state index contributed by atoms with van der Waals surface area (Å²) in [4.78, 5) is 33.6. The third-order valence-corrected chi connectivity index (χ3v) is 5.87. The predicted molar refractivity (Wildman–Crippen MR) is 150 cm³/mol. The number of carboxylic acids is 1. The minimum atomic E-state index is -1.06. The summed E-state index contributed by atoms with van der Waals surface area (Å²) in [6.07, 6.45) is 0.495. The van der Waals surface area contributed by atoms with E-state index in [9.17, 15) is 14.7 Å². The number of halogens is 3. The van der Waals surface area contributed by atoms with Gasteiger partial charge >= 0.3 is 5.97 Å². The van der Waals surface area contributed by atoms with Gasteiger partial charge in [0.15, 0.2) is 0 Å². The third-order valence-electron chi connectivity index (χ3n) is 5.87. The number of carboxylic acid groups (broad SMARTS) is 1. The quantitative estimate of drug-likeness (QED) is 0.428. The van der Waals surface area contributed by atoms with Crippen LogP contribution in [0.2, 0.25) is 0 Å². The molecule has 37 heavy (non-hydrogen) atoms. The Hall–Kier alpha value is -3.29. The topological polar surface area (TPSA) is 119 Å². The van der Waals surface area contributed by atoms with Crippen LogP contribution in [0.1, 0.15) is 27.1 Å². The van der Waals surface area contributed by atoms with Crippen molar-refractivity contribution in [2.75, 3.05) is 50.1 Å². The van der Waals surface area contributed by atoms with Gasteiger partial charge < -0.3 is 20.1 Å².